The Hall–Kier alpha value is -1.85. The lowest BCUT2D eigenvalue weighted by molar-refractivity contribution is 0.0632. The van der Waals surface area contributed by atoms with Gasteiger partial charge in [0.25, 0.3) is 5.91 Å². The van der Waals surface area contributed by atoms with E-state index in [0.717, 1.165) is 30.0 Å². The maximum Gasteiger partial charge on any atom is 0.255 e. The highest BCUT2D eigenvalue weighted by Gasteiger charge is 2.30. The molecule has 110 valence electrons. The Morgan fingerprint density at radius 1 is 1.38 bits per heavy atom. The van der Waals surface area contributed by atoms with Crippen molar-refractivity contribution in [3.05, 3.63) is 52.2 Å². The van der Waals surface area contributed by atoms with E-state index in [1.165, 1.54) is 0 Å². The smallest absolute Gasteiger partial charge is 0.255 e. The summed E-state index contributed by atoms with van der Waals surface area (Å²) in [6.07, 6.45) is 0. The van der Waals surface area contributed by atoms with Crippen molar-refractivity contribution in [3.8, 4) is 5.75 Å². The minimum atomic E-state index is 0.00213. The Kier molecular flexibility index (Phi) is 4.22. The molecule has 0 aliphatic carbocycles. The van der Waals surface area contributed by atoms with Crippen LogP contribution in [-0.4, -0.2) is 37.6 Å². The molecule has 1 aliphatic heterocycles. The van der Waals surface area contributed by atoms with E-state index in [1.807, 2.05) is 46.0 Å². The molecule has 0 spiro atoms. The standard InChI is InChI=1S/C16H18N2O2S/c1-20-15-5-3-2-4-13(15)14-10-17-7-8-18(14)16(19)12-6-9-21-11-12/h2-6,9,11,14,17H,7-8,10H2,1H3. The predicted molar refractivity (Wildman–Crippen MR) is 84.0 cm³/mol. The summed E-state index contributed by atoms with van der Waals surface area (Å²) in [5.74, 6) is 0.919. The van der Waals surface area contributed by atoms with Crippen LogP contribution >= 0.6 is 11.3 Å². The molecule has 4 nitrogen and oxygen atoms in total. The van der Waals surface area contributed by atoms with Crippen LogP contribution in [0.25, 0.3) is 0 Å². The van der Waals surface area contributed by atoms with E-state index in [1.54, 1.807) is 18.4 Å². The second-order valence-corrected chi connectivity index (χ2v) is 5.75. The summed E-state index contributed by atoms with van der Waals surface area (Å²) < 4.78 is 5.45. The van der Waals surface area contributed by atoms with Crippen molar-refractivity contribution in [2.75, 3.05) is 26.7 Å². The number of nitrogens with zero attached hydrogens (tertiary/aromatic N) is 1. The summed E-state index contributed by atoms with van der Waals surface area (Å²) in [6.45, 7) is 2.27. The van der Waals surface area contributed by atoms with Gasteiger partial charge in [0.05, 0.1) is 18.7 Å². The number of rotatable bonds is 3. The van der Waals surface area contributed by atoms with Crippen molar-refractivity contribution in [2.24, 2.45) is 0 Å². The number of benzene rings is 1. The van der Waals surface area contributed by atoms with Crippen molar-refractivity contribution < 1.29 is 9.53 Å². The van der Waals surface area contributed by atoms with Crippen LogP contribution in [0.5, 0.6) is 5.75 Å². The number of nitrogens with one attached hydrogen (secondary N) is 1. The molecule has 5 heteroatoms. The van der Waals surface area contributed by atoms with Gasteiger partial charge < -0.3 is 15.0 Å². The van der Waals surface area contributed by atoms with Crippen LogP contribution in [0.4, 0.5) is 0 Å². The maximum absolute atomic E-state index is 12.7. The first-order valence-electron chi connectivity index (χ1n) is 6.98. The average Bonchev–Trinajstić information content (AvgIpc) is 3.08. The van der Waals surface area contributed by atoms with E-state index in [0.29, 0.717) is 6.54 Å². The maximum atomic E-state index is 12.7. The van der Waals surface area contributed by atoms with Crippen LogP contribution < -0.4 is 10.1 Å². The minimum Gasteiger partial charge on any atom is -0.496 e. The second kappa shape index (κ2) is 6.28. The average molecular weight is 302 g/mol. The lowest BCUT2D eigenvalue weighted by Gasteiger charge is -2.37. The number of ether oxygens (including phenoxy) is 1. The van der Waals surface area contributed by atoms with E-state index in [-0.39, 0.29) is 11.9 Å². The lowest BCUT2D eigenvalue weighted by Crippen LogP contribution is -2.48. The number of hydrogen-bond acceptors (Lipinski definition) is 4. The van der Waals surface area contributed by atoms with Gasteiger partial charge in [0.1, 0.15) is 5.75 Å². The molecule has 0 bridgehead atoms. The fourth-order valence-electron chi connectivity index (χ4n) is 2.72. The van der Waals surface area contributed by atoms with Gasteiger partial charge in [-0.25, -0.2) is 0 Å². The van der Waals surface area contributed by atoms with Gasteiger partial charge in [-0.2, -0.15) is 11.3 Å². The Bertz CT molecular complexity index is 612. The zero-order chi connectivity index (χ0) is 14.7. The van der Waals surface area contributed by atoms with Crippen LogP contribution in [0.1, 0.15) is 22.0 Å². The molecule has 1 saturated heterocycles. The Morgan fingerprint density at radius 2 is 2.24 bits per heavy atom. The Morgan fingerprint density at radius 3 is 3.00 bits per heavy atom. The van der Waals surface area contributed by atoms with Crippen LogP contribution in [0.3, 0.4) is 0 Å². The summed E-state index contributed by atoms with van der Waals surface area (Å²) >= 11 is 1.55. The number of carbonyl (C=O) groups excluding carboxylic acids is 1. The third-order valence-electron chi connectivity index (χ3n) is 3.77. The molecular weight excluding hydrogens is 284 g/mol. The van der Waals surface area contributed by atoms with Crippen LogP contribution in [0, 0.1) is 0 Å². The first-order valence-corrected chi connectivity index (χ1v) is 7.92. The highest BCUT2D eigenvalue weighted by atomic mass is 32.1. The molecule has 2 heterocycles. The van der Waals surface area contributed by atoms with E-state index >= 15 is 0 Å². The molecular formula is C16H18N2O2S. The van der Waals surface area contributed by atoms with Gasteiger partial charge in [-0.3, -0.25) is 4.79 Å². The topological polar surface area (TPSA) is 41.6 Å². The highest BCUT2D eigenvalue weighted by molar-refractivity contribution is 7.08. The van der Waals surface area contributed by atoms with Gasteiger partial charge in [-0.05, 0) is 17.5 Å². The largest absolute Gasteiger partial charge is 0.496 e. The highest BCUT2D eigenvalue weighted by Crippen LogP contribution is 2.31. The number of thiophene rings is 1. The molecule has 1 unspecified atom stereocenters. The molecule has 0 radical (unpaired) electrons. The molecule has 1 amide bonds. The zero-order valence-electron chi connectivity index (χ0n) is 11.9. The summed E-state index contributed by atoms with van der Waals surface area (Å²) in [4.78, 5) is 14.6. The number of carbonyl (C=O) groups is 1. The fourth-order valence-corrected chi connectivity index (χ4v) is 3.35. The van der Waals surface area contributed by atoms with Gasteiger partial charge >= 0.3 is 0 Å². The number of para-hydroxylation sites is 1. The third kappa shape index (κ3) is 2.80. The van der Waals surface area contributed by atoms with E-state index in [2.05, 4.69) is 5.32 Å². The number of hydrogen-bond donors (Lipinski definition) is 1. The first kappa shape index (κ1) is 14.1. The van der Waals surface area contributed by atoms with Crippen LogP contribution in [0.15, 0.2) is 41.1 Å². The van der Waals surface area contributed by atoms with Crippen molar-refractivity contribution in [1.82, 2.24) is 10.2 Å². The predicted octanol–water partition coefficient (Wildman–Crippen LogP) is 2.54. The van der Waals surface area contributed by atoms with Crippen molar-refractivity contribution in [3.63, 3.8) is 0 Å². The zero-order valence-corrected chi connectivity index (χ0v) is 12.7. The molecule has 1 aliphatic rings. The normalized spacial score (nSPS) is 18.5. The summed E-state index contributed by atoms with van der Waals surface area (Å²) in [7, 11) is 1.67. The third-order valence-corrected chi connectivity index (χ3v) is 4.45. The van der Waals surface area contributed by atoms with Crippen molar-refractivity contribution >= 4 is 17.2 Å². The summed E-state index contributed by atoms with van der Waals surface area (Å²) in [5, 5.41) is 7.21. The number of piperazine rings is 1. The van der Waals surface area contributed by atoms with Gasteiger partial charge in [-0.15, -0.1) is 0 Å². The number of methoxy groups -OCH3 is 1. The molecule has 1 fully saturated rings. The summed E-state index contributed by atoms with van der Waals surface area (Å²) in [6, 6.07) is 9.79. The Labute approximate surface area is 128 Å². The fraction of sp³-hybridized carbons (Fsp3) is 0.312. The van der Waals surface area contributed by atoms with Crippen molar-refractivity contribution in [2.45, 2.75) is 6.04 Å². The quantitative estimate of drug-likeness (QED) is 0.947. The van der Waals surface area contributed by atoms with Crippen LogP contribution in [-0.2, 0) is 0 Å². The minimum absolute atomic E-state index is 0.00213. The SMILES string of the molecule is COc1ccccc1C1CNCCN1C(=O)c1ccsc1. The molecule has 21 heavy (non-hydrogen) atoms. The molecule has 1 atom stereocenters. The van der Waals surface area contributed by atoms with Crippen LogP contribution in [0.2, 0.25) is 0 Å². The van der Waals surface area contributed by atoms with E-state index in [4.69, 9.17) is 4.74 Å². The lowest BCUT2D eigenvalue weighted by atomic mass is 10.0. The van der Waals surface area contributed by atoms with Gasteiger partial charge in [-0.1, -0.05) is 18.2 Å². The molecule has 1 aromatic carbocycles. The van der Waals surface area contributed by atoms with E-state index in [9.17, 15) is 4.79 Å². The van der Waals surface area contributed by atoms with E-state index < -0.39 is 0 Å². The number of amides is 1. The summed E-state index contributed by atoms with van der Waals surface area (Å²) in [5.41, 5.74) is 1.82. The first-order chi connectivity index (χ1) is 10.3. The van der Waals surface area contributed by atoms with Crippen molar-refractivity contribution in [1.29, 1.82) is 0 Å². The molecule has 1 N–H and O–H groups in total. The second-order valence-electron chi connectivity index (χ2n) is 4.97. The molecule has 1 aromatic heterocycles. The van der Waals surface area contributed by atoms with Gasteiger partial charge in [0.2, 0.25) is 0 Å². The van der Waals surface area contributed by atoms with Gasteiger partial charge in [0.15, 0.2) is 0 Å². The molecule has 3 rings (SSSR count). The molecule has 0 saturated carbocycles. The van der Waals surface area contributed by atoms with Gasteiger partial charge in [0, 0.05) is 30.6 Å². The molecule has 2 aromatic rings. The monoisotopic (exact) mass is 302 g/mol. The Balaban J connectivity index is 1.93.